The second-order valence-corrected chi connectivity index (χ2v) is 5.66. The molecule has 0 unspecified atom stereocenters. The fourth-order valence-electron chi connectivity index (χ4n) is 2.58. The summed E-state index contributed by atoms with van der Waals surface area (Å²) in [6, 6.07) is 11.9. The molecule has 2 aromatic carbocycles. The van der Waals surface area contributed by atoms with Crippen molar-refractivity contribution < 1.29 is 18.0 Å². The van der Waals surface area contributed by atoms with Gasteiger partial charge in [-0.3, -0.25) is 9.69 Å². The molecule has 2 aromatic rings. The zero-order valence-electron chi connectivity index (χ0n) is 14.2. The van der Waals surface area contributed by atoms with Crippen molar-refractivity contribution in [3.63, 3.8) is 0 Å². The quantitative estimate of drug-likeness (QED) is 0.812. The number of carbonyl (C=O) groups is 1. The largest absolute Gasteiger partial charge is 0.417 e. The maximum atomic E-state index is 13.0. The summed E-state index contributed by atoms with van der Waals surface area (Å²) in [5.41, 5.74) is 0.146. The molecule has 134 valence electrons. The van der Waals surface area contributed by atoms with E-state index in [0.717, 1.165) is 31.3 Å². The fourth-order valence-corrected chi connectivity index (χ4v) is 2.58. The molecule has 0 aliphatic carbocycles. The summed E-state index contributed by atoms with van der Waals surface area (Å²) in [6.45, 7) is 6.63. The molecule has 1 N–H and O–H groups in total. The molecule has 2 rings (SSSR count). The fraction of sp³-hybridized carbons (Fsp3) is 0.316. The minimum atomic E-state index is -4.57. The maximum Gasteiger partial charge on any atom is 0.417 e. The molecule has 0 saturated carbocycles. The average molecular weight is 350 g/mol. The highest BCUT2D eigenvalue weighted by molar-refractivity contribution is 6.05. The number of anilines is 1. The summed E-state index contributed by atoms with van der Waals surface area (Å²) >= 11 is 0. The third kappa shape index (κ3) is 5.06. The molecule has 0 heterocycles. The second-order valence-electron chi connectivity index (χ2n) is 5.66. The molecule has 0 bridgehead atoms. The van der Waals surface area contributed by atoms with E-state index in [1.54, 1.807) is 18.2 Å². The van der Waals surface area contributed by atoms with Crippen LogP contribution < -0.4 is 5.32 Å². The molecule has 1 amide bonds. The molecule has 3 nitrogen and oxygen atoms in total. The van der Waals surface area contributed by atoms with Crippen molar-refractivity contribution in [1.82, 2.24) is 4.90 Å². The summed E-state index contributed by atoms with van der Waals surface area (Å²) in [5.74, 6) is -0.770. The lowest BCUT2D eigenvalue weighted by molar-refractivity contribution is -0.137. The van der Waals surface area contributed by atoms with Crippen LogP contribution >= 0.6 is 0 Å². The number of nitrogens with zero attached hydrogens (tertiary/aromatic N) is 1. The monoisotopic (exact) mass is 350 g/mol. The number of rotatable bonds is 6. The van der Waals surface area contributed by atoms with E-state index in [-0.39, 0.29) is 5.56 Å². The molecule has 0 aliphatic heterocycles. The van der Waals surface area contributed by atoms with E-state index in [4.69, 9.17) is 0 Å². The highest BCUT2D eigenvalue weighted by Crippen LogP contribution is 2.32. The third-order valence-corrected chi connectivity index (χ3v) is 3.96. The Bertz CT molecular complexity index is 725. The van der Waals surface area contributed by atoms with Gasteiger partial charge in [0, 0.05) is 12.2 Å². The third-order valence-electron chi connectivity index (χ3n) is 3.96. The van der Waals surface area contributed by atoms with Crippen LogP contribution in [0.15, 0.2) is 48.5 Å². The van der Waals surface area contributed by atoms with Crippen molar-refractivity contribution in [1.29, 1.82) is 0 Å². The van der Waals surface area contributed by atoms with E-state index in [1.165, 1.54) is 18.2 Å². The normalized spacial score (nSPS) is 11.6. The lowest BCUT2D eigenvalue weighted by Crippen LogP contribution is -2.22. The molecule has 25 heavy (non-hydrogen) atoms. The molecule has 0 spiro atoms. The van der Waals surface area contributed by atoms with Crippen molar-refractivity contribution in [3.05, 3.63) is 65.2 Å². The molecule has 6 heteroatoms. The summed E-state index contributed by atoms with van der Waals surface area (Å²) in [5, 5.41) is 2.56. The Kier molecular flexibility index (Phi) is 6.20. The first-order valence-corrected chi connectivity index (χ1v) is 8.14. The van der Waals surface area contributed by atoms with Gasteiger partial charge in [-0.2, -0.15) is 13.2 Å². The molecular formula is C19H21F3N2O. The van der Waals surface area contributed by atoms with Gasteiger partial charge in [-0.1, -0.05) is 38.1 Å². The standard InChI is InChI=1S/C19H21F3N2O/c1-3-24(4-2)13-14-8-7-9-15(12-14)23-18(25)16-10-5-6-11-17(16)19(20,21)22/h5-12H,3-4,13H2,1-2H3,(H,23,25). The molecule has 0 saturated heterocycles. The van der Waals surface area contributed by atoms with Crippen molar-refractivity contribution in [2.75, 3.05) is 18.4 Å². The zero-order chi connectivity index (χ0) is 18.4. The summed E-state index contributed by atoms with van der Waals surface area (Å²) < 4.78 is 39.1. The molecule has 0 atom stereocenters. The Morgan fingerprint density at radius 1 is 1.04 bits per heavy atom. The van der Waals surface area contributed by atoms with Crippen LogP contribution in [-0.4, -0.2) is 23.9 Å². The molecule has 0 aromatic heterocycles. The van der Waals surface area contributed by atoms with E-state index >= 15 is 0 Å². The topological polar surface area (TPSA) is 32.3 Å². The highest BCUT2D eigenvalue weighted by Gasteiger charge is 2.34. The number of alkyl halides is 3. The van der Waals surface area contributed by atoms with Crippen molar-refractivity contribution in [3.8, 4) is 0 Å². The molecule has 0 radical (unpaired) electrons. The van der Waals surface area contributed by atoms with Gasteiger partial charge in [0.1, 0.15) is 0 Å². The summed E-state index contributed by atoms with van der Waals surface area (Å²) in [4.78, 5) is 14.5. The Hall–Kier alpha value is -2.34. The maximum absolute atomic E-state index is 13.0. The van der Waals surface area contributed by atoms with Gasteiger partial charge in [0.15, 0.2) is 0 Å². The van der Waals surface area contributed by atoms with E-state index in [2.05, 4.69) is 24.1 Å². The Morgan fingerprint density at radius 3 is 2.36 bits per heavy atom. The Labute approximate surface area is 145 Å². The van der Waals surface area contributed by atoms with Crippen molar-refractivity contribution in [2.24, 2.45) is 0 Å². The number of amides is 1. The summed E-state index contributed by atoms with van der Waals surface area (Å²) in [7, 11) is 0. The summed E-state index contributed by atoms with van der Waals surface area (Å²) in [6.07, 6.45) is -4.57. The van der Waals surface area contributed by atoms with Gasteiger partial charge in [0.05, 0.1) is 11.1 Å². The van der Waals surface area contributed by atoms with Crippen LogP contribution in [0.1, 0.15) is 35.3 Å². The lowest BCUT2D eigenvalue weighted by Gasteiger charge is -2.18. The van der Waals surface area contributed by atoms with Gasteiger partial charge in [0.2, 0.25) is 0 Å². The number of carbonyl (C=O) groups excluding carboxylic acids is 1. The Balaban J connectivity index is 2.19. The SMILES string of the molecule is CCN(CC)Cc1cccc(NC(=O)c2ccccc2C(F)(F)F)c1. The van der Waals surface area contributed by atoms with Crippen LogP contribution in [-0.2, 0) is 12.7 Å². The average Bonchev–Trinajstić information content (AvgIpc) is 2.59. The van der Waals surface area contributed by atoms with Crippen molar-refractivity contribution in [2.45, 2.75) is 26.6 Å². The van der Waals surface area contributed by atoms with E-state index < -0.39 is 17.6 Å². The highest BCUT2D eigenvalue weighted by atomic mass is 19.4. The van der Waals surface area contributed by atoms with Gasteiger partial charge >= 0.3 is 6.18 Å². The van der Waals surface area contributed by atoms with Gasteiger partial charge in [-0.25, -0.2) is 0 Å². The van der Waals surface area contributed by atoms with E-state index in [0.29, 0.717) is 5.69 Å². The Morgan fingerprint density at radius 2 is 1.72 bits per heavy atom. The van der Waals surface area contributed by atoms with Crippen LogP contribution in [0.4, 0.5) is 18.9 Å². The predicted octanol–water partition coefficient (Wildman–Crippen LogP) is 4.80. The number of benzene rings is 2. The molecule has 0 aliphatic rings. The lowest BCUT2D eigenvalue weighted by atomic mass is 10.1. The first kappa shape index (κ1) is 19.0. The first-order valence-electron chi connectivity index (χ1n) is 8.14. The van der Waals surface area contributed by atoms with Gasteiger partial charge < -0.3 is 5.32 Å². The van der Waals surface area contributed by atoms with E-state index in [1.807, 2.05) is 6.07 Å². The van der Waals surface area contributed by atoms with Crippen molar-refractivity contribution >= 4 is 11.6 Å². The molecular weight excluding hydrogens is 329 g/mol. The van der Waals surface area contributed by atoms with E-state index in [9.17, 15) is 18.0 Å². The van der Waals surface area contributed by atoms with Crippen LogP contribution in [0.2, 0.25) is 0 Å². The minimum Gasteiger partial charge on any atom is -0.322 e. The van der Waals surface area contributed by atoms with Gasteiger partial charge in [-0.15, -0.1) is 0 Å². The smallest absolute Gasteiger partial charge is 0.322 e. The minimum absolute atomic E-state index is 0.385. The van der Waals surface area contributed by atoms with Gasteiger partial charge in [0.25, 0.3) is 5.91 Å². The first-order chi connectivity index (χ1) is 11.8. The zero-order valence-corrected chi connectivity index (χ0v) is 14.2. The number of hydrogen-bond acceptors (Lipinski definition) is 2. The van der Waals surface area contributed by atoms with Crippen LogP contribution in [0.5, 0.6) is 0 Å². The molecule has 0 fully saturated rings. The second kappa shape index (κ2) is 8.16. The predicted molar refractivity (Wildman–Crippen MR) is 92.5 cm³/mol. The number of nitrogens with one attached hydrogen (secondary N) is 1. The van der Waals surface area contributed by atoms with Crippen LogP contribution in [0.3, 0.4) is 0 Å². The number of hydrogen-bond donors (Lipinski definition) is 1. The number of halogens is 3. The van der Waals surface area contributed by atoms with Crippen LogP contribution in [0.25, 0.3) is 0 Å². The van der Waals surface area contributed by atoms with Crippen LogP contribution in [0, 0.1) is 0 Å². The van der Waals surface area contributed by atoms with Gasteiger partial charge in [-0.05, 0) is 42.9 Å².